The van der Waals surface area contributed by atoms with E-state index in [9.17, 15) is 0 Å². The Morgan fingerprint density at radius 3 is 2.65 bits per heavy atom. The Hall–Kier alpha value is -1.40. The van der Waals surface area contributed by atoms with Crippen LogP contribution in [-0.4, -0.2) is 65.8 Å². The molecule has 1 aliphatic rings. The molecule has 0 amide bonds. The molecule has 1 aromatic rings. The third kappa shape index (κ3) is 4.05. The lowest BCUT2D eigenvalue weighted by Crippen LogP contribution is -2.47. The van der Waals surface area contributed by atoms with Crippen molar-refractivity contribution in [3.63, 3.8) is 0 Å². The third-order valence-corrected chi connectivity index (χ3v) is 3.49. The summed E-state index contributed by atoms with van der Waals surface area (Å²) in [6.45, 7) is 9.85. The maximum absolute atomic E-state index is 8.97. The Kier molecular flexibility index (Phi) is 5.55. The van der Waals surface area contributed by atoms with Crippen LogP contribution in [0.3, 0.4) is 0 Å². The molecule has 1 fully saturated rings. The number of nitrogens with one attached hydrogen (secondary N) is 1. The number of rotatable bonds is 6. The van der Waals surface area contributed by atoms with Gasteiger partial charge in [0, 0.05) is 45.3 Å². The fraction of sp³-hybridized carbons (Fsp3) is 0.714. The number of aryl methyl sites for hydroxylation is 1. The van der Waals surface area contributed by atoms with Gasteiger partial charge in [0.25, 0.3) is 0 Å². The predicted molar refractivity (Wildman–Crippen MR) is 81.3 cm³/mol. The number of nitrogens with zero attached hydrogens (tertiary/aromatic N) is 4. The van der Waals surface area contributed by atoms with Crippen LogP contribution in [0.25, 0.3) is 0 Å². The van der Waals surface area contributed by atoms with Gasteiger partial charge in [-0.2, -0.15) is 0 Å². The van der Waals surface area contributed by atoms with Gasteiger partial charge in [0.2, 0.25) is 0 Å². The van der Waals surface area contributed by atoms with Crippen LogP contribution in [-0.2, 0) is 0 Å². The Morgan fingerprint density at radius 2 is 2.00 bits per heavy atom. The molecule has 0 aromatic carbocycles. The third-order valence-electron chi connectivity index (χ3n) is 3.49. The largest absolute Gasteiger partial charge is 0.395 e. The molecule has 1 saturated heterocycles. The molecule has 2 rings (SSSR count). The normalized spacial score (nSPS) is 16.4. The summed E-state index contributed by atoms with van der Waals surface area (Å²) in [7, 11) is 0. The molecule has 6 heteroatoms. The number of aromatic nitrogens is 2. The number of piperazine rings is 1. The number of hydrogen-bond acceptors (Lipinski definition) is 6. The highest BCUT2D eigenvalue weighted by Crippen LogP contribution is 2.17. The summed E-state index contributed by atoms with van der Waals surface area (Å²) in [5.74, 6) is 2.71. The molecule has 0 saturated carbocycles. The van der Waals surface area contributed by atoms with Crippen molar-refractivity contribution in [2.45, 2.75) is 20.3 Å². The number of hydrogen-bond donors (Lipinski definition) is 2. The van der Waals surface area contributed by atoms with E-state index < -0.39 is 0 Å². The maximum Gasteiger partial charge on any atom is 0.134 e. The zero-order valence-corrected chi connectivity index (χ0v) is 12.5. The van der Waals surface area contributed by atoms with Crippen molar-refractivity contribution in [3.8, 4) is 0 Å². The number of aliphatic hydroxyl groups excluding tert-OH is 1. The van der Waals surface area contributed by atoms with E-state index in [0.29, 0.717) is 0 Å². The molecule has 2 N–H and O–H groups in total. The molecule has 0 bridgehead atoms. The Morgan fingerprint density at radius 1 is 1.25 bits per heavy atom. The minimum atomic E-state index is 0.234. The quantitative estimate of drug-likeness (QED) is 0.800. The van der Waals surface area contributed by atoms with Crippen LogP contribution >= 0.6 is 0 Å². The maximum atomic E-state index is 8.97. The van der Waals surface area contributed by atoms with Crippen molar-refractivity contribution >= 4 is 11.6 Å². The van der Waals surface area contributed by atoms with Crippen LogP contribution in [0.15, 0.2) is 6.07 Å². The van der Waals surface area contributed by atoms with Gasteiger partial charge in [-0.05, 0) is 13.3 Å². The van der Waals surface area contributed by atoms with Gasteiger partial charge in [-0.3, -0.25) is 4.90 Å². The summed E-state index contributed by atoms with van der Waals surface area (Å²) >= 11 is 0. The standard InChI is InChI=1S/C14H25N5O/c1-3-4-15-13-11-14(17-12(2)16-13)19-7-5-18(6-8-19)9-10-20/h11,20H,3-10H2,1-2H3,(H,15,16,17). The summed E-state index contributed by atoms with van der Waals surface area (Å²) in [6.07, 6.45) is 1.08. The molecular formula is C14H25N5O. The predicted octanol–water partition coefficient (Wildman–Crippen LogP) is 0.721. The Labute approximate surface area is 120 Å². The Balaban J connectivity index is 2.00. The summed E-state index contributed by atoms with van der Waals surface area (Å²) in [4.78, 5) is 13.5. The van der Waals surface area contributed by atoms with Crippen molar-refractivity contribution in [1.29, 1.82) is 0 Å². The van der Waals surface area contributed by atoms with Crippen LogP contribution in [0.2, 0.25) is 0 Å². The van der Waals surface area contributed by atoms with E-state index in [0.717, 1.165) is 63.1 Å². The highest BCUT2D eigenvalue weighted by atomic mass is 16.3. The number of anilines is 2. The molecule has 0 radical (unpaired) electrons. The van der Waals surface area contributed by atoms with E-state index in [2.05, 4.69) is 32.0 Å². The molecule has 2 heterocycles. The van der Waals surface area contributed by atoms with Gasteiger partial charge in [-0.1, -0.05) is 6.92 Å². The second-order valence-corrected chi connectivity index (χ2v) is 5.14. The van der Waals surface area contributed by atoms with Gasteiger partial charge in [0.1, 0.15) is 17.5 Å². The SMILES string of the molecule is CCCNc1cc(N2CCN(CCO)CC2)nc(C)n1. The fourth-order valence-electron chi connectivity index (χ4n) is 2.40. The van der Waals surface area contributed by atoms with E-state index in [1.807, 2.05) is 13.0 Å². The summed E-state index contributed by atoms with van der Waals surface area (Å²) in [5, 5.41) is 12.3. The lowest BCUT2D eigenvalue weighted by atomic mass is 10.3. The average molecular weight is 279 g/mol. The molecule has 0 spiro atoms. The monoisotopic (exact) mass is 279 g/mol. The van der Waals surface area contributed by atoms with Crippen LogP contribution in [0, 0.1) is 6.92 Å². The first-order valence-electron chi connectivity index (χ1n) is 7.40. The molecule has 112 valence electrons. The summed E-state index contributed by atoms with van der Waals surface area (Å²) in [6, 6.07) is 2.03. The average Bonchev–Trinajstić information content (AvgIpc) is 2.46. The lowest BCUT2D eigenvalue weighted by molar-refractivity contribution is 0.188. The van der Waals surface area contributed by atoms with Gasteiger partial charge < -0.3 is 15.3 Å². The minimum absolute atomic E-state index is 0.234. The van der Waals surface area contributed by atoms with E-state index in [1.54, 1.807) is 0 Å². The zero-order valence-electron chi connectivity index (χ0n) is 12.5. The lowest BCUT2D eigenvalue weighted by Gasteiger charge is -2.35. The molecule has 6 nitrogen and oxygen atoms in total. The highest BCUT2D eigenvalue weighted by molar-refractivity contribution is 5.49. The zero-order chi connectivity index (χ0) is 14.4. The molecule has 0 aliphatic carbocycles. The molecule has 1 aromatic heterocycles. The number of aliphatic hydroxyl groups is 1. The summed E-state index contributed by atoms with van der Waals surface area (Å²) in [5.41, 5.74) is 0. The van der Waals surface area contributed by atoms with Crippen LogP contribution in [0.5, 0.6) is 0 Å². The van der Waals surface area contributed by atoms with Gasteiger partial charge >= 0.3 is 0 Å². The van der Waals surface area contributed by atoms with Crippen molar-refractivity contribution in [2.75, 3.05) is 56.1 Å². The molecule has 0 unspecified atom stereocenters. The van der Waals surface area contributed by atoms with Crippen LogP contribution < -0.4 is 10.2 Å². The van der Waals surface area contributed by atoms with Crippen LogP contribution in [0.4, 0.5) is 11.6 Å². The Bertz CT molecular complexity index is 418. The van der Waals surface area contributed by atoms with Crippen molar-refractivity contribution in [3.05, 3.63) is 11.9 Å². The smallest absolute Gasteiger partial charge is 0.134 e. The molecule has 1 aliphatic heterocycles. The molecule has 20 heavy (non-hydrogen) atoms. The first-order valence-corrected chi connectivity index (χ1v) is 7.40. The van der Waals surface area contributed by atoms with Crippen molar-refractivity contribution < 1.29 is 5.11 Å². The van der Waals surface area contributed by atoms with Gasteiger partial charge in [0.05, 0.1) is 6.61 Å². The second kappa shape index (κ2) is 7.40. The van der Waals surface area contributed by atoms with Crippen LogP contribution in [0.1, 0.15) is 19.2 Å². The highest BCUT2D eigenvalue weighted by Gasteiger charge is 2.18. The van der Waals surface area contributed by atoms with E-state index in [1.165, 1.54) is 0 Å². The van der Waals surface area contributed by atoms with Crippen molar-refractivity contribution in [2.24, 2.45) is 0 Å². The van der Waals surface area contributed by atoms with Gasteiger partial charge in [0.15, 0.2) is 0 Å². The summed E-state index contributed by atoms with van der Waals surface area (Å²) < 4.78 is 0. The minimum Gasteiger partial charge on any atom is -0.395 e. The number of β-amino-alcohol motifs (C(OH)–C–C–N with tert-alkyl or cyclic N) is 1. The molecule has 0 atom stereocenters. The van der Waals surface area contributed by atoms with Gasteiger partial charge in [-0.15, -0.1) is 0 Å². The second-order valence-electron chi connectivity index (χ2n) is 5.14. The first kappa shape index (κ1) is 15.0. The molecular weight excluding hydrogens is 254 g/mol. The van der Waals surface area contributed by atoms with Crippen molar-refractivity contribution in [1.82, 2.24) is 14.9 Å². The topological polar surface area (TPSA) is 64.5 Å². The van der Waals surface area contributed by atoms with E-state index >= 15 is 0 Å². The fourth-order valence-corrected chi connectivity index (χ4v) is 2.40. The first-order chi connectivity index (χ1) is 9.72. The van der Waals surface area contributed by atoms with E-state index in [4.69, 9.17) is 5.11 Å². The van der Waals surface area contributed by atoms with E-state index in [-0.39, 0.29) is 6.61 Å². The van der Waals surface area contributed by atoms with Gasteiger partial charge in [-0.25, -0.2) is 9.97 Å².